The van der Waals surface area contributed by atoms with E-state index in [1.807, 2.05) is 6.92 Å². The number of halogens is 1. The number of amides is 1. The first-order chi connectivity index (χ1) is 15.6. The molecule has 1 aliphatic carbocycles. The Kier molecular flexibility index (Phi) is 7.34. The maximum Gasteiger partial charge on any atom is 0.275 e. The lowest BCUT2D eigenvalue weighted by atomic mass is 9.55. The highest BCUT2D eigenvalue weighted by atomic mass is 19.1. The van der Waals surface area contributed by atoms with E-state index in [1.165, 1.54) is 38.1 Å². The fourth-order valence-corrected chi connectivity index (χ4v) is 4.93. The van der Waals surface area contributed by atoms with E-state index in [1.54, 1.807) is 13.0 Å². The van der Waals surface area contributed by atoms with Gasteiger partial charge in [-0.3, -0.25) is 9.79 Å². The Morgan fingerprint density at radius 2 is 2.09 bits per heavy atom. The molecule has 1 amide bonds. The Balaban J connectivity index is 1.93. The average Bonchev–Trinajstić information content (AvgIpc) is 2.76. The number of carbonyl (C=O) groups is 1. The van der Waals surface area contributed by atoms with Gasteiger partial charge in [-0.25, -0.2) is 14.4 Å². The van der Waals surface area contributed by atoms with E-state index in [2.05, 4.69) is 29.1 Å². The molecule has 178 valence electrons. The van der Waals surface area contributed by atoms with E-state index in [0.717, 1.165) is 19.3 Å². The highest BCUT2D eigenvalue weighted by molar-refractivity contribution is 6.02. The van der Waals surface area contributed by atoms with Crippen LogP contribution in [0.2, 0.25) is 0 Å². The van der Waals surface area contributed by atoms with E-state index in [0.29, 0.717) is 35.3 Å². The van der Waals surface area contributed by atoms with Crippen LogP contribution in [0.5, 0.6) is 5.88 Å². The normalized spacial score (nSPS) is 18.1. The quantitative estimate of drug-likeness (QED) is 0.406. The van der Waals surface area contributed by atoms with Crippen LogP contribution in [0.25, 0.3) is 0 Å². The molecular weight excluding hydrogens is 421 g/mol. The first-order valence-electron chi connectivity index (χ1n) is 11.4. The summed E-state index contributed by atoms with van der Waals surface area (Å²) in [4.78, 5) is 25.4. The molecule has 1 fully saturated rings. The van der Waals surface area contributed by atoms with E-state index in [-0.39, 0.29) is 16.9 Å². The van der Waals surface area contributed by atoms with Crippen molar-refractivity contribution < 1.29 is 13.9 Å². The second-order valence-electron chi connectivity index (χ2n) is 9.32. The second kappa shape index (κ2) is 9.85. The van der Waals surface area contributed by atoms with Crippen LogP contribution in [0.1, 0.15) is 75.9 Å². The highest BCUT2D eigenvalue weighted by Gasteiger charge is 2.47. The molecule has 1 unspecified atom stereocenters. The topological polar surface area (TPSA) is 102 Å². The Morgan fingerprint density at radius 1 is 1.36 bits per heavy atom. The van der Waals surface area contributed by atoms with Gasteiger partial charge in [-0.1, -0.05) is 26.7 Å². The van der Waals surface area contributed by atoms with Gasteiger partial charge in [0.1, 0.15) is 11.5 Å². The number of amidine groups is 1. The van der Waals surface area contributed by atoms with Crippen molar-refractivity contribution in [2.45, 2.75) is 65.3 Å². The van der Waals surface area contributed by atoms with E-state index < -0.39 is 11.4 Å². The van der Waals surface area contributed by atoms with Gasteiger partial charge in [0.2, 0.25) is 5.88 Å². The van der Waals surface area contributed by atoms with Crippen LogP contribution in [0.3, 0.4) is 0 Å². The highest BCUT2D eigenvalue weighted by Crippen LogP contribution is 2.56. The zero-order valence-corrected chi connectivity index (χ0v) is 20.1. The van der Waals surface area contributed by atoms with Gasteiger partial charge in [0, 0.05) is 11.3 Å². The molecule has 3 rings (SSSR count). The third-order valence-corrected chi connectivity index (χ3v) is 7.00. The molecule has 2 atom stereocenters. The molecular formula is C25H34FN5O2. The average molecular weight is 456 g/mol. The fraction of sp³-hybridized carbons (Fsp3) is 0.520. The smallest absolute Gasteiger partial charge is 0.275 e. The van der Waals surface area contributed by atoms with Crippen LogP contribution in [-0.4, -0.2) is 28.8 Å². The van der Waals surface area contributed by atoms with Crippen molar-refractivity contribution in [2.75, 3.05) is 12.4 Å². The molecule has 1 aliphatic rings. The number of nitrogens with two attached hydrogens (primary N) is 1. The monoisotopic (exact) mass is 455 g/mol. The zero-order chi connectivity index (χ0) is 24.2. The third-order valence-electron chi connectivity index (χ3n) is 7.00. The number of methoxy groups -OCH3 is 1. The largest absolute Gasteiger partial charge is 0.480 e. The summed E-state index contributed by atoms with van der Waals surface area (Å²) in [6.07, 6.45) is 7.83. The van der Waals surface area contributed by atoms with E-state index >= 15 is 4.39 Å². The van der Waals surface area contributed by atoms with Crippen LogP contribution < -0.4 is 15.8 Å². The minimum Gasteiger partial charge on any atom is -0.480 e. The molecule has 33 heavy (non-hydrogen) atoms. The van der Waals surface area contributed by atoms with Crippen LogP contribution in [0.15, 0.2) is 35.6 Å². The van der Waals surface area contributed by atoms with Crippen molar-refractivity contribution in [1.82, 2.24) is 9.97 Å². The molecule has 7 nitrogen and oxygen atoms in total. The number of hydrogen-bond donors (Lipinski definition) is 2. The number of aliphatic imine (C=N–C) groups is 1. The lowest BCUT2D eigenvalue weighted by molar-refractivity contribution is 0.0209. The molecule has 0 radical (unpaired) electrons. The Hall–Kier alpha value is -3.03. The number of rotatable bonds is 9. The summed E-state index contributed by atoms with van der Waals surface area (Å²) in [6.45, 7) is 8.12. The molecule has 0 spiro atoms. The van der Waals surface area contributed by atoms with Crippen molar-refractivity contribution in [3.63, 3.8) is 0 Å². The number of anilines is 1. The molecule has 1 saturated carbocycles. The van der Waals surface area contributed by atoms with Crippen molar-refractivity contribution in [1.29, 1.82) is 0 Å². The van der Waals surface area contributed by atoms with Gasteiger partial charge in [0.15, 0.2) is 0 Å². The first kappa shape index (κ1) is 24.6. The Labute approximate surface area is 195 Å². The number of hydrogen-bond acceptors (Lipinski definition) is 5. The molecule has 0 saturated heterocycles. The summed E-state index contributed by atoms with van der Waals surface area (Å²) < 4.78 is 20.2. The van der Waals surface area contributed by atoms with E-state index in [4.69, 9.17) is 15.5 Å². The molecule has 0 aliphatic heterocycles. The van der Waals surface area contributed by atoms with Gasteiger partial charge in [0.25, 0.3) is 5.91 Å². The molecule has 8 heteroatoms. The fourth-order valence-electron chi connectivity index (χ4n) is 4.93. The Morgan fingerprint density at radius 3 is 2.61 bits per heavy atom. The van der Waals surface area contributed by atoms with Gasteiger partial charge < -0.3 is 15.8 Å². The summed E-state index contributed by atoms with van der Waals surface area (Å²) in [5.74, 6) is 0.394. The van der Waals surface area contributed by atoms with Gasteiger partial charge in [-0.2, -0.15) is 0 Å². The second-order valence-corrected chi connectivity index (χ2v) is 9.32. The number of aromatic nitrogens is 2. The molecule has 1 heterocycles. The summed E-state index contributed by atoms with van der Waals surface area (Å²) >= 11 is 0. The Bertz CT molecular complexity index is 1020. The van der Waals surface area contributed by atoms with Crippen molar-refractivity contribution in [3.8, 4) is 5.88 Å². The van der Waals surface area contributed by atoms with Crippen LogP contribution >= 0.6 is 0 Å². The maximum atomic E-state index is 15.2. The predicted octanol–water partition coefficient (Wildman–Crippen LogP) is 5.08. The lowest BCUT2D eigenvalue weighted by Gasteiger charge is -2.50. The lowest BCUT2D eigenvalue weighted by Crippen LogP contribution is -2.42. The van der Waals surface area contributed by atoms with Crippen molar-refractivity contribution in [3.05, 3.63) is 47.7 Å². The molecule has 1 aromatic heterocycles. The van der Waals surface area contributed by atoms with Gasteiger partial charge in [0.05, 0.1) is 30.9 Å². The van der Waals surface area contributed by atoms with Crippen molar-refractivity contribution >= 4 is 17.4 Å². The zero-order valence-electron chi connectivity index (χ0n) is 20.1. The molecule has 3 N–H and O–H groups in total. The summed E-state index contributed by atoms with van der Waals surface area (Å²) in [7, 11) is 1.47. The SMILES string of the molecule is CCC(C)C1(C[C@](C)(N=C(C)N)c2cc(NC(=O)c3cnc(OC)cn3)ccc2F)CCC1. The number of ether oxygens (including phenoxy) is 1. The van der Waals surface area contributed by atoms with Gasteiger partial charge in [-0.15, -0.1) is 0 Å². The number of nitrogens with zero attached hydrogens (tertiary/aromatic N) is 3. The number of benzene rings is 1. The summed E-state index contributed by atoms with van der Waals surface area (Å²) in [6, 6.07) is 4.54. The predicted molar refractivity (Wildman–Crippen MR) is 128 cm³/mol. The first-order valence-corrected chi connectivity index (χ1v) is 11.4. The van der Waals surface area contributed by atoms with Crippen LogP contribution in [-0.2, 0) is 5.54 Å². The maximum absolute atomic E-state index is 15.2. The summed E-state index contributed by atoms with van der Waals surface area (Å²) in [5.41, 5.74) is 6.26. The van der Waals surface area contributed by atoms with Gasteiger partial charge >= 0.3 is 0 Å². The standard InChI is InChI=1S/C25H34FN5O2/c1-6-16(2)25(10-7-11-25)15-24(4,31-17(3)27)19-12-18(8-9-20(19)26)30-23(32)21-13-29-22(33-5)14-28-21/h8-9,12-14,16H,6-7,10-11,15H2,1-5H3,(H2,27,31)(H,30,32)/t16?,24-/m0/s1. The van der Waals surface area contributed by atoms with E-state index in [9.17, 15) is 4.79 Å². The van der Waals surface area contributed by atoms with Crippen molar-refractivity contribution in [2.24, 2.45) is 22.1 Å². The third kappa shape index (κ3) is 5.31. The number of carbonyl (C=O) groups excluding carboxylic acids is 1. The minimum atomic E-state index is -0.854. The van der Waals surface area contributed by atoms with Crippen LogP contribution in [0.4, 0.5) is 10.1 Å². The summed E-state index contributed by atoms with van der Waals surface area (Å²) in [5, 5.41) is 2.78. The molecule has 2 aromatic rings. The molecule has 0 bridgehead atoms. The minimum absolute atomic E-state index is 0.104. The molecule has 1 aromatic carbocycles. The number of nitrogens with one attached hydrogen (secondary N) is 1. The van der Waals surface area contributed by atoms with Gasteiger partial charge in [-0.05, 0) is 62.6 Å². The van der Waals surface area contributed by atoms with Crippen LogP contribution in [0, 0.1) is 17.2 Å².